The largest absolute Gasteiger partial charge is 0.480 e. The fourth-order valence-electron chi connectivity index (χ4n) is 3.37. The predicted octanol–water partition coefficient (Wildman–Crippen LogP) is 2.21. The molecule has 3 N–H and O–H groups in total. The van der Waals surface area contributed by atoms with Crippen LogP contribution >= 0.6 is 0 Å². The third-order valence-electron chi connectivity index (χ3n) is 4.84. The molecule has 1 aliphatic carbocycles. The Hall–Kier alpha value is -2.54. The molecule has 0 radical (unpaired) electrons. The molecule has 0 bridgehead atoms. The highest BCUT2D eigenvalue weighted by Crippen LogP contribution is 2.25. The van der Waals surface area contributed by atoms with Crippen molar-refractivity contribution in [3.63, 3.8) is 0 Å². The van der Waals surface area contributed by atoms with E-state index in [0.717, 1.165) is 29.6 Å². The van der Waals surface area contributed by atoms with E-state index in [2.05, 4.69) is 10.6 Å². The Bertz CT molecular complexity index is 734. The number of fused-ring (bicyclic) bond motifs is 1. The minimum atomic E-state index is -0.813. The number of hydrogen-bond donors (Lipinski definition) is 3. The molecule has 1 aromatic carbocycles. The normalized spacial score (nSPS) is 19.3. The number of carbonyl (C=O) groups excluding carboxylic acids is 1. The fraction of sp³-hybridized carbons (Fsp3) is 0.474. The Morgan fingerprint density at radius 2 is 2.08 bits per heavy atom. The van der Waals surface area contributed by atoms with Crippen molar-refractivity contribution in [1.29, 1.82) is 0 Å². The molecular weight excluding hydrogens is 334 g/mol. The first-order chi connectivity index (χ1) is 12.5. The summed E-state index contributed by atoms with van der Waals surface area (Å²) in [6, 6.07) is 9.97. The van der Waals surface area contributed by atoms with Gasteiger partial charge in [-0.2, -0.15) is 0 Å². The highest BCUT2D eigenvalue weighted by molar-refractivity contribution is 5.77. The number of carbonyl (C=O) groups is 2. The summed E-state index contributed by atoms with van der Waals surface area (Å²) >= 11 is 0. The van der Waals surface area contributed by atoms with Gasteiger partial charge < -0.3 is 20.2 Å². The van der Waals surface area contributed by atoms with Gasteiger partial charge in [-0.1, -0.05) is 25.1 Å². The molecule has 3 rings (SSSR count). The van der Waals surface area contributed by atoms with E-state index in [0.29, 0.717) is 19.5 Å². The molecule has 26 heavy (non-hydrogen) atoms. The smallest absolute Gasteiger partial charge is 0.317 e. The molecule has 7 heteroatoms. The second kappa shape index (κ2) is 8.23. The van der Waals surface area contributed by atoms with E-state index in [1.54, 1.807) is 0 Å². The number of nitrogens with zero attached hydrogens (tertiary/aromatic N) is 1. The average Bonchev–Trinajstić information content (AvgIpc) is 2.98. The first kappa shape index (κ1) is 18.3. The van der Waals surface area contributed by atoms with Crippen LogP contribution in [-0.2, 0) is 11.2 Å². The highest BCUT2D eigenvalue weighted by atomic mass is 16.4. The Kier molecular flexibility index (Phi) is 5.78. The zero-order valence-electron chi connectivity index (χ0n) is 14.9. The van der Waals surface area contributed by atoms with Gasteiger partial charge in [0, 0.05) is 30.4 Å². The maximum atomic E-state index is 12.0. The number of aliphatic carboxylic acids is 1. The van der Waals surface area contributed by atoms with E-state index in [1.165, 1.54) is 0 Å². The van der Waals surface area contributed by atoms with Crippen LogP contribution in [-0.4, -0.2) is 53.7 Å². The van der Waals surface area contributed by atoms with Gasteiger partial charge >= 0.3 is 12.0 Å². The van der Waals surface area contributed by atoms with E-state index in [-0.39, 0.29) is 24.7 Å². The summed E-state index contributed by atoms with van der Waals surface area (Å²) in [6.45, 7) is 3.21. The Balaban J connectivity index is 1.35. The van der Waals surface area contributed by atoms with E-state index in [1.807, 2.05) is 42.2 Å². The van der Waals surface area contributed by atoms with Gasteiger partial charge in [-0.05, 0) is 31.5 Å². The zero-order valence-corrected chi connectivity index (χ0v) is 14.9. The second-order valence-electron chi connectivity index (χ2n) is 6.68. The number of hydrogen-bond acceptors (Lipinski definition) is 4. The average molecular weight is 359 g/mol. The van der Waals surface area contributed by atoms with Crippen molar-refractivity contribution in [2.75, 3.05) is 19.6 Å². The molecule has 0 spiro atoms. The zero-order chi connectivity index (χ0) is 18.5. The number of nitrogens with one attached hydrogen (secondary N) is 2. The van der Waals surface area contributed by atoms with Crippen molar-refractivity contribution in [1.82, 2.24) is 15.5 Å². The maximum Gasteiger partial charge on any atom is 0.317 e. The number of carboxylic acid groups (broad SMARTS) is 1. The molecule has 0 saturated heterocycles. The first-order valence-corrected chi connectivity index (χ1v) is 9.02. The van der Waals surface area contributed by atoms with Crippen LogP contribution in [0, 0.1) is 0 Å². The number of carboxylic acids is 1. The predicted molar refractivity (Wildman–Crippen MR) is 98.1 cm³/mol. The second-order valence-corrected chi connectivity index (χ2v) is 6.68. The Labute approximate surface area is 152 Å². The van der Waals surface area contributed by atoms with Crippen LogP contribution < -0.4 is 10.6 Å². The monoisotopic (exact) mass is 359 g/mol. The lowest BCUT2D eigenvalue weighted by atomic mass is 9.85. The molecule has 1 saturated carbocycles. The molecule has 2 aromatic rings. The van der Waals surface area contributed by atoms with Gasteiger partial charge in [-0.25, -0.2) is 4.79 Å². The summed E-state index contributed by atoms with van der Waals surface area (Å²) in [7, 11) is 0. The van der Waals surface area contributed by atoms with Crippen LogP contribution in [0.1, 0.15) is 25.5 Å². The standard InChI is InChI=1S/C19H25N3O4/c1-2-22(12-18(23)24)15-10-14(11-15)21-19(25)20-8-7-16-9-13-5-3-4-6-17(13)26-16/h3-6,9,14-15H,2,7-8,10-12H2,1H3,(H,23,24)(H2,20,21,25). The first-order valence-electron chi connectivity index (χ1n) is 9.02. The quantitative estimate of drug-likeness (QED) is 0.672. The molecule has 1 aromatic heterocycles. The highest BCUT2D eigenvalue weighted by Gasteiger charge is 2.34. The van der Waals surface area contributed by atoms with E-state index in [4.69, 9.17) is 9.52 Å². The number of amides is 2. The van der Waals surface area contributed by atoms with Crippen LogP contribution in [0.2, 0.25) is 0 Å². The molecule has 0 unspecified atom stereocenters. The third kappa shape index (κ3) is 4.54. The van der Waals surface area contributed by atoms with Gasteiger partial charge in [-0.15, -0.1) is 0 Å². The van der Waals surface area contributed by atoms with E-state index >= 15 is 0 Å². The number of likely N-dealkylation sites (N-methyl/N-ethyl adjacent to an activating group) is 1. The van der Waals surface area contributed by atoms with Crippen LogP contribution in [0.15, 0.2) is 34.7 Å². The summed E-state index contributed by atoms with van der Waals surface area (Å²) in [5.41, 5.74) is 0.856. The summed E-state index contributed by atoms with van der Waals surface area (Å²) in [5, 5.41) is 15.8. The molecule has 140 valence electrons. The number of urea groups is 1. The summed E-state index contributed by atoms with van der Waals surface area (Å²) in [4.78, 5) is 24.7. The topological polar surface area (TPSA) is 94.8 Å². The van der Waals surface area contributed by atoms with Crippen molar-refractivity contribution in [2.45, 2.75) is 38.3 Å². The van der Waals surface area contributed by atoms with Crippen LogP contribution in [0.4, 0.5) is 4.79 Å². The third-order valence-corrected chi connectivity index (χ3v) is 4.84. The van der Waals surface area contributed by atoms with Crippen LogP contribution in [0.3, 0.4) is 0 Å². The van der Waals surface area contributed by atoms with Gasteiger partial charge in [0.05, 0.1) is 6.54 Å². The lowest BCUT2D eigenvalue weighted by Gasteiger charge is -2.42. The van der Waals surface area contributed by atoms with Gasteiger partial charge in [0.25, 0.3) is 0 Å². The number of furan rings is 1. The molecular formula is C19H25N3O4. The minimum Gasteiger partial charge on any atom is -0.480 e. The number of para-hydroxylation sites is 1. The summed E-state index contributed by atoms with van der Waals surface area (Å²) in [6.07, 6.45) is 2.22. The number of rotatable bonds is 8. The van der Waals surface area contributed by atoms with Crippen molar-refractivity contribution in [3.8, 4) is 0 Å². The van der Waals surface area contributed by atoms with Gasteiger partial charge in [0.15, 0.2) is 0 Å². The minimum absolute atomic E-state index is 0.0532. The molecule has 1 aliphatic rings. The molecule has 1 heterocycles. The van der Waals surface area contributed by atoms with Gasteiger partial charge in [0.2, 0.25) is 0 Å². The summed E-state index contributed by atoms with van der Waals surface area (Å²) in [5.74, 6) is 0.0362. The Morgan fingerprint density at radius 3 is 2.77 bits per heavy atom. The van der Waals surface area contributed by atoms with Gasteiger partial charge in [0.1, 0.15) is 11.3 Å². The van der Waals surface area contributed by atoms with Crippen molar-refractivity contribution < 1.29 is 19.1 Å². The molecule has 7 nitrogen and oxygen atoms in total. The molecule has 2 amide bonds. The Morgan fingerprint density at radius 1 is 1.31 bits per heavy atom. The lowest BCUT2D eigenvalue weighted by molar-refractivity contribution is -0.139. The van der Waals surface area contributed by atoms with Crippen LogP contribution in [0.5, 0.6) is 0 Å². The van der Waals surface area contributed by atoms with E-state index < -0.39 is 5.97 Å². The van der Waals surface area contributed by atoms with Crippen molar-refractivity contribution >= 4 is 23.0 Å². The lowest BCUT2D eigenvalue weighted by Crippen LogP contribution is -2.56. The maximum absolute atomic E-state index is 12.0. The molecule has 0 atom stereocenters. The summed E-state index contributed by atoms with van der Waals surface area (Å²) < 4.78 is 5.72. The number of benzene rings is 1. The molecule has 1 fully saturated rings. The van der Waals surface area contributed by atoms with Crippen LogP contribution in [0.25, 0.3) is 11.0 Å². The van der Waals surface area contributed by atoms with Gasteiger partial charge in [-0.3, -0.25) is 9.69 Å². The fourth-order valence-corrected chi connectivity index (χ4v) is 3.37. The van der Waals surface area contributed by atoms with E-state index in [9.17, 15) is 9.59 Å². The van der Waals surface area contributed by atoms with Crippen molar-refractivity contribution in [2.24, 2.45) is 0 Å². The molecule has 0 aliphatic heterocycles. The van der Waals surface area contributed by atoms with Crippen molar-refractivity contribution in [3.05, 3.63) is 36.1 Å². The SMILES string of the molecule is CCN(CC(=O)O)C1CC(NC(=O)NCCc2cc3ccccc3o2)C1.